The van der Waals surface area contributed by atoms with Gasteiger partial charge in [-0.1, -0.05) is 11.8 Å². The molecule has 22 heavy (non-hydrogen) atoms. The highest BCUT2D eigenvalue weighted by molar-refractivity contribution is 7.99. The topological polar surface area (TPSA) is 93.8 Å². The Bertz CT molecular complexity index is 704. The molecule has 6 nitrogen and oxygen atoms in total. The third-order valence-electron chi connectivity index (χ3n) is 2.28. The number of nitrogens with one attached hydrogen (secondary N) is 1. The van der Waals surface area contributed by atoms with Gasteiger partial charge in [-0.15, -0.1) is 0 Å². The number of nitrogens with two attached hydrogens (primary N) is 1. The fourth-order valence-electron chi connectivity index (χ4n) is 1.35. The summed E-state index contributed by atoms with van der Waals surface area (Å²) in [4.78, 5) is 22.5. The van der Waals surface area contributed by atoms with Gasteiger partial charge in [-0.25, -0.2) is 27.5 Å². The number of carbonyl (C=O) groups is 1. The van der Waals surface area contributed by atoms with E-state index in [-0.39, 0.29) is 22.9 Å². The molecule has 0 saturated carbocycles. The third-order valence-corrected chi connectivity index (χ3v) is 3.14. The van der Waals surface area contributed by atoms with E-state index in [2.05, 4.69) is 15.0 Å². The first-order valence-corrected chi connectivity index (χ1v) is 6.57. The maximum atomic E-state index is 13.4. The molecule has 3 N–H and O–H groups in total. The van der Waals surface area contributed by atoms with Crippen molar-refractivity contribution in [3.05, 3.63) is 35.7 Å². The lowest BCUT2D eigenvalue weighted by Gasteiger charge is -2.08. The average molecular weight is 333 g/mol. The molecule has 0 atom stereocenters. The van der Waals surface area contributed by atoms with E-state index in [0.717, 1.165) is 18.1 Å². The second kappa shape index (κ2) is 6.56. The molecule has 2 rings (SSSR count). The second-order valence-electron chi connectivity index (χ2n) is 3.81. The van der Waals surface area contributed by atoms with Crippen molar-refractivity contribution < 1.29 is 22.4 Å². The lowest BCUT2D eigenvalue weighted by molar-refractivity contribution is -0.113. The smallest absolute Gasteiger partial charge is 0.235 e. The van der Waals surface area contributed by atoms with Gasteiger partial charge >= 0.3 is 0 Å². The molecule has 1 amide bonds. The minimum Gasteiger partial charge on any atom is -0.368 e. The molecule has 2 aromatic rings. The van der Waals surface area contributed by atoms with Gasteiger partial charge in [0.15, 0.2) is 28.4 Å². The van der Waals surface area contributed by atoms with Gasteiger partial charge in [0.2, 0.25) is 11.9 Å². The Morgan fingerprint density at radius 2 is 1.82 bits per heavy atom. The Morgan fingerprint density at radius 1 is 1.18 bits per heavy atom. The predicted octanol–water partition coefficient (Wildman–Crippen LogP) is 1.74. The highest BCUT2D eigenvalue weighted by Crippen LogP contribution is 2.24. The van der Waals surface area contributed by atoms with E-state index < -0.39 is 34.9 Å². The molecule has 0 aliphatic heterocycles. The Balaban J connectivity index is 2.07. The summed E-state index contributed by atoms with van der Waals surface area (Å²) in [5.74, 6) is -7.96. The summed E-state index contributed by atoms with van der Waals surface area (Å²) in [6.45, 7) is 0. The first-order chi connectivity index (χ1) is 10.4. The van der Waals surface area contributed by atoms with E-state index in [9.17, 15) is 22.4 Å². The van der Waals surface area contributed by atoms with Crippen molar-refractivity contribution in [2.75, 3.05) is 16.8 Å². The maximum absolute atomic E-state index is 13.4. The fourth-order valence-corrected chi connectivity index (χ4v) is 1.96. The summed E-state index contributed by atoms with van der Waals surface area (Å²) in [6.07, 6.45) is 1.11. The van der Waals surface area contributed by atoms with Gasteiger partial charge in [0.1, 0.15) is 12.0 Å². The molecule has 0 aliphatic rings. The number of anilines is 2. The van der Waals surface area contributed by atoms with Gasteiger partial charge in [0.25, 0.3) is 0 Å². The largest absolute Gasteiger partial charge is 0.368 e. The van der Waals surface area contributed by atoms with Crippen LogP contribution in [0.3, 0.4) is 0 Å². The first-order valence-electron chi connectivity index (χ1n) is 5.58. The second-order valence-corrected chi connectivity index (χ2v) is 4.75. The lowest BCUT2D eigenvalue weighted by Crippen LogP contribution is -2.17. The highest BCUT2D eigenvalue weighted by atomic mass is 32.2. The summed E-state index contributed by atoms with van der Waals surface area (Å²) < 4.78 is 52.7. The van der Waals surface area contributed by atoms with E-state index >= 15 is 0 Å². The van der Waals surface area contributed by atoms with E-state index in [1.165, 1.54) is 0 Å². The number of thioether (sulfide) groups is 1. The van der Waals surface area contributed by atoms with Crippen LogP contribution in [0.5, 0.6) is 0 Å². The summed E-state index contributed by atoms with van der Waals surface area (Å²) in [7, 11) is 0. The molecule has 0 spiro atoms. The third kappa shape index (κ3) is 3.61. The predicted molar refractivity (Wildman–Crippen MR) is 69.9 cm³/mol. The highest BCUT2D eigenvalue weighted by Gasteiger charge is 2.21. The van der Waals surface area contributed by atoms with Crippen LogP contribution in [0, 0.1) is 23.3 Å². The minimum atomic E-state index is -1.69. The zero-order valence-electron chi connectivity index (χ0n) is 10.6. The van der Waals surface area contributed by atoms with Gasteiger partial charge in [-0.2, -0.15) is 4.98 Å². The molecule has 116 valence electrons. The van der Waals surface area contributed by atoms with Crippen LogP contribution in [0.4, 0.5) is 29.2 Å². The van der Waals surface area contributed by atoms with E-state index in [4.69, 9.17) is 5.73 Å². The van der Waals surface area contributed by atoms with Crippen LogP contribution >= 0.6 is 11.8 Å². The lowest BCUT2D eigenvalue weighted by atomic mass is 10.2. The van der Waals surface area contributed by atoms with Gasteiger partial charge in [-0.3, -0.25) is 4.79 Å². The molecule has 0 unspecified atom stereocenters. The number of hydrogen-bond acceptors (Lipinski definition) is 6. The number of rotatable bonds is 4. The van der Waals surface area contributed by atoms with Crippen LogP contribution in [0.1, 0.15) is 0 Å². The Kier molecular flexibility index (Phi) is 4.75. The van der Waals surface area contributed by atoms with Crippen LogP contribution in [-0.2, 0) is 4.79 Å². The quantitative estimate of drug-likeness (QED) is 0.503. The van der Waals surface area contributed by atoms with Crippen LogP contribution in [0.2, 0.25) is 0 Å². The Hall–Kier alpha value is -2.43. The van der Waals surface area contributed by atoms with Crippen molar-refractivity contribution in [1.82, 2.24) is 15.0 Å². The van der Waals surface area contributed by atoms with Crippen molar-refractivity contribution in [2.24, 2.45) is 0 Å². The van der Waals surface area contributed by atoms with Crippen LogP contribution in [0.15, 0.2) is 17.6 Å². The molecule has 0 fully saturated rings. The summed E-state index contributed by atoms with van der Waals surface area (Å²) in [5, 5.41) is 1.86. The number of amides is 1. The van der Waals surface area contributed by atoms with Gasteiger partial charge in [-0.05, 0) is 0 Å². The van der Waals surface area contributed by atoms with Crippen molar-refractivity contribution in [3.63, 3.8) is 0 Å². The molecule has 0 aliphatic carbocycles. The Morgan fingerprint density at radius 3 is 2.41 bits per heavy atom. The average Bonchev–Trinajstić information content (AvgIpc) is 2.48. The molecule has 1 aromatic heterocycles. The number of benzene rings is 1. The van der Waals surface area contributed by atoms with Crippen molar-refractivity contribution in [3.8, 4) is 0 Å². The number of hydrogen-bond donors (Lipinski definition) is 2. The van der Waals surface area contributed by atoms with E-state index in [1.54, 1.807) is 5.32 Å². The van der Waals surface area contributed by atoms with Crippen molar-refractivity contribution in [1.29, 1.82) is 0 Å². The van der Waals surface area contributed by atoms with Crippen LogP contribution in [-0.4, -0.2) is 26.6 Å². The Labute approximate surface area is 125 Å². The van der Waals surface area contributed by atoms with E-state index in [1.807, 2.05) is 0 Å². The van der Waals surface area contributed by atoms with Gasteiger partial charge in [0, 0.05) is 6.07 Å². The van der Waals surface area contributed by atoms with Crippen LogP contribution < -0.4 is 11.1 Å². The maximum Gasteiger partial charge on any atom is 0.235 e. The van der Waals surface area contributed by atoms with Gasteiger partial charge in [0.05, 0.1) is 5.75 Å². The monoisotopic (exact) mass is 333 g/mol. The number of nitrogens with zero attached hydrogens (tertiary/aromatic N) is 3. The van der Waals surface area contributed by atoms with E-state index in [0.29, 0.717) is 0 Å². The number of carbonyl (C=O) groups excluding carboxylic acids is 1. The van der Waals surface area contributed by atoms with Crippen LogP contribution in [0.25, 0.3) is 0 Å². The van der Waals surface area contributed by atoms with Crippen molar-refractivity contribution in [2.45, 2.75) is 5.16 Å². The molecule has 11 heteroatoms. The molecule has 1 heterocycles. The minimum absolute atomic E-state index is 0.0443. The first kappa shape index (κ1) is 15.9. The molecular weight excluding hydrogens is 326 g/mol. The number of aromatic nitrogens is 3. The van der Waals surface area contributed by atoms with Crippen molar-refractivity contribution >= 4 is 29.3 Å². The fraction of sp³-hybridized carbons (Fsp3) is 0.0909. The summed E-state index contributed by atoms with van der Waals surface area (Å²) >= 11 is 0.795. The molecule has 0 bridgehead atoms. The van der Waals surface area contributed by atoms with Gasteiger partial charge < -0.3 is 11.1 Å². The SMILES string of the molecule is Nc1ncnc(SCC(=O)Nc2c(F)c(F)cc(F)c2F)n1. The number of nitrogen functional groups attached to an aromatic ring is 1. The zero-order chi connectivity index (χ0) is 16.3. The summed E-state index contributed by atoms with van der Waals surface area (Å²) in [6, 6.07) is 0.0443. The molecule has 0 saturated heterocycles. The molecular formula is C11H7F4N5OS. The molecule has 0 radical (unpaired) electrons. The standard InChI is InChI=1S/C11H7F4N5OS/c12-4-1-5(13)8(15)9(7(4)14)19-6(21)2-22-11-18-3-17-10(16)20-11/h1,3H,2H2,(H,19,21)(H2,16,17,18,20). The normalized spacial score (nSPS) is 10.5. The zero-order valence-corrected chi connectivity index (χ0v) is 11.4. The summed E-state index contributed by atoms with van der Waals surface area (Å²) in [5.41, 5.74) is 4.11. The molecule has 1 aromatic carbocycles. The number of halogens is 4.